The number of carbonyl (C=O) groups is 1. The number of aromatic nitrogens is 2. The summed E-state index contributed by atoms with van der Waals surface area (Å²) in [6, 6.07) is 4.53. The molecule has 8 heteroatoms. The standard InChI is InChI=1S/C22H32FN5O2/c1-15(2)20-18(22(27(4)26-20)28-9-11-30-12-10-28)14-24-7-8-25-21(29)17-6-5-16(3)19(23)13-17/h5-6,13,15,24H,7-12,14H2,1-4H3,(H,25,29). The molecule has 7 nitrogen and oxygen atoms in total. The Kier molecular flexibility index (Phi) is 7.44. The summed E-state index contributed by atoms with van der Waals surface area (Å²) in [5.41, 5.74) is 3.15. The maximum atomic E-state index is 13.7. The molecule has 2 N–H and O–H groups in total. The number of rotatable bonds is 8. The van der Waals surface area contributed by atoms with Crippen molar-refractivity contribution in [2.24, 2.45) is 7.05 Å². The van der Waals surface area contributed by atoms with Crippen molar-refractivity contribution in [1.82, 2.24) is 20.4 Å². The molecule has 0 saturated carbocycles. The van der Waals surface area contributed by atoms with Crippen molar-refractivity contribution < 1.29 is 13.9 Å². The zero-order chi connectivity index (χ0) is 21.7. The van der Waals surface area contributed by atoms with Gasteiger partial charge in [0.05, 0.1) is 18.9 Å². The predicted octanol–water partition coefficient (Wildman–Crippen LogP) is 2.35. The first-order chi connectivity index (χ1) is 14.4. The van der Waals surface area contributed by atoms with Gasteiger partial charge in [-0.25, -0.2) is 4.39 Å². The second-order valence-corrected chi connectivity index (χ2v) is 7.96. The summed E-state index contributed by atoms with van der Waals surface area (Å²) < 4.78 is 21.1. The third kappa shape index (κ3) is 5.17. The van der Waals surface area contributed by atoms with Crippen molar-refractivity contribution >= 4 is 11.7 Å². The van der Waals surface area contributed by atoms with Crippen LogP contribution in [0.5, 0.6) is 0 Å². The lowest BCUT2D eigenvalue weighted by molar-refractivity contribution is 0.0953. The molecule has 3 rings (SSSR count). The Morgan fingerprint density at radius 2 is 2.00 bits per heavy atom. The van der Waals surface area contributed by atoms with Gasteiger partial charge in [0, 0.05) is 50.9 Å². The Morgan fingerprint density at radius 3 is 2.67 bits per heavy atom. The van der Waals surface area contributed by atoms with Crippen LogP contribution < -0.4 is 15.5 Å². The van der Waals surface area contributed by atoms with E-state index in [1.807, 2.05) is 11.7 Å². The molecule has 2 heterocycles. The van der Waals surface area contributed by atoms with Crippen LogP contribution in [0.25, 0.3) is 0 Å². The van der Waals surface area contributed by atoms with Crippen molar-refractivity contribution in [2.75, 3.05) is 44.3 Å². The lowest BCUT2D eigenvalue weighted by Crippen LogP contribution is -2.38. The highest BCUT2D eigenvalue weighted by Crippen LogP contribution is 2.28. The number of morpholine rings is 1. The largest absolute Gasteiger partial charge is 0.378 e. The Labute approximate surface area is 177 Å². The van der Waals surface area contributed by atoms with Crippen LogP contribution in [0.3, 0.4) is 0 Å². The Morgan fingerprint density at radius 1 is 1.27 bits per heavy atom. The van der Waals surface area contributed by atoms with Gasteiger partial charge < -0.3 is 20.3 Å². The van der Waals surface area contributed by atoms with Gasteiger partial charge in [-0.3, -0.25) is 9.48 Å². The second-order valence-electron chi connectivity index (χ2n) is 7.96. The SMILES string of the molecule is Cc1ccc(C(=O)NCCNCc2c(C(C)C)nn(C)c2N2CCOCC2)cc1F. The highest BCUT2D eigenvalue weighted by atomic mass is 19.1. The van der Waals surface area contributed by atoms with Gasteiger partial charge in [0.2, 0.25) is 0 Å². The van der Waals surface area contributed by atoms with Gasteiger partial charge in [-0.05, 0) is 30.5 Å². The fourth-order valence-corrected chi connectivity index (χ4v) is 3.70. The van der Waals surface area contributed by atoms with Gasteiger partial charge in [-0.2, -0.15) is 5.10 Å². The topological polar surface area (TPSA) is 71.4 Å². The second kappa shape index (κ2) is 10.0. The quantitative estimate of drug-likeness (QED) is 0.645. The number of hydrogen-bond acceptors (Lipinski definition) is 5. The highest BCUT2D eigenvalue weighted by molar-refractivity contribution is 5.94. The van der Waals surface area contributed by atoms with E-state index in [2.05, 4.69) is 29.4 Å². The molecule has 0 atom stereocenters. The fourth-order valence-electron chi connectivity index (χ4n) is 3.70. The van der Waals surface area contributed by atoms with Crippen molar-refractivity contribution in [2.45, 2.75) is 33.2 Å². The molecule has 1 aliphatic heterocycles. The number of benzene rings is 1. The minimum atomic E-state index is -0.366. The molecule has 30 heavy (non-hydrogen) atoms. The number of carbonyl (C=O) groups excluding carboxylic acids is 1. The van der Waals surface area contributed by atoms with E-state index in [0.29, 0.717) is 36.7 Å². The van der Waals surface area contributed by atoms with Crippen molar-refractivity contribution in [3.63, 3.8) is 0 Å². The summed E-state index contributed by atoms with van der Waals surface area (Å²) in [4.78, 5) is 14.5. The molecule has 1 amide bonds. The normalized spacial score (nSPS) is 14.4. The van der Waals surface area contributed by atoms with Gasteiger partial charge in [0.1, 0.15) is 11.6 Å². The number of ether oxygens (including phenoxy) is 1. The summed E-state index contributed by atoms with van der Waals surface area (Å²) >= 11 is 0. The molecular weight excluding hydrogens is 385 g/mol. The highest BCUT2D eigenvalue weighted by Gasteiger charge is 2.24. The summed E-state index contributed by atoms with van der Waals surface area (Å²) in [6.07, 6.45) is 0. The first kappa shape index (κ1) is 22.2. The van der Waals surface area contributed by atoms with Crippen LogP contribution in [0, 0.1) is 12.7 Å². The van der Waals surface area contributed by atoms with Gasteiger partial charge in [0.25, 0.3) is 5.91 Å². The zero-order valence-electron chi connectivity index (χ0n) is 18.3. The van der Waals surface area contributed by atoms with Crippen molar-refractivity contribution in [3.8, 4) is 0 Å². The first-order valence-electron chi connectivity index (χ1n) is 10.5. The third-order valence-corrected chi connectivity index (χ3v) is 5.32. The van der Waals surface area contributed by atoms with E-state index in [0.717, 1.165) is 37.8 Å². The van der Waals surface area contributed by atoms with Gasteiger partial charge in [0.15, 0.2) is 0 Å². The number of amides is 1. The Balaban J connectivity index is 1.57. The number of halogens is 1. The smallest absolute Gasteiger partial charge is 0.251 e. The maximum absolute atomic E-state index is 13.7. The van der Waals surface area contributed by atoms with Crippen LogP contribution in [-0.2, 0) is 18.3 Å². The molecule has 0 aliphatic carbocycles. The predicted molar refractivity (Wildman–Crippen MR) is 116 cm³/mol. The van der Waals surface area contributed by atoms with E-state index in [1.54, 1.807) is 19.1 Å². The molecule has 0 radical (unpaired) electrons. The lowest BCUT2D eigenvalue weighted by Gasteiger charge is -2.29. The molecule has 1 aromatic carbocycles. The van der Waals surface area contributed by atoms with E-state index in [1.165, 1.54) is 11.6 Å². The molecule has 164 valence electrons. The maximum Gasteiger partial charge on any atom is 0.251 e. The molecule has 0 spiro atoms. The summed E-state index contributed by atoms with van der Waals surface area (Å²) in [6.45, 7) is 10.9. The molecule has 1 aliphatic rings. The first-order valence-corrected chi connectivity index (χ1v) is 10.5. The van der Waals surface area contributed by atoms with Crippen molar-refractivity contribution in [3.05, 3.63) is 46.4 Å². The van der Waals surface area contributed by atoms with Crippen LogP contribution >= 0.6 is 0 Å². The van der Waals surface area contributed by atoms with Gasteiger partial charge in [-0.15, -0.1) is 0 Å². The number of hydrogen-bond donors (Lipinski definition) is 2. The van der Waals surface area contributed by atoms with Gasteiger partial charge >= 0.3 is 0 Å². The Bertz CT molecular complexity index is 875. The van der Waals surface area contributed by atoms with E-state index < -0.39 is 0 Å². The van der Waals surface area contributed by atoms with E-state index in [4.69, 9.17) is 9.84 Å². The molecule has 1 fully saturated rings. The monoisotopic (exact) mass is 417 g/mol. The van der Waals surface area contributed by atoms with Crippen LogP contribution in [0.4, 0.5) is 10.2 Å². The van der Waals surface area contributed by atoms with E-state index in [9.17, 15) is 9.18 Å². The summed E-state index contributed by atoms with van der Waals surface area (Å²) in [5, 5.41) is 11.0. The Hall–Kier alpha value is -2.45. The molecule has 2 aromatic rings. The fraction of sp³-hybridized carbons (Fsp3) is 0.545. The summed E-state index contributed by atoms with van der Waals surface area (Å²) in [7, 11) is 1.99. The van der Waals surface area contributed by atoms with Crippen molar-refractivity contribution in [1.29, 1.82) is 0 Å². The number of nitrogens with zero attached hydrogens (tertiary/aromatic N) is 3. The molecular formula is C22H32FN5O2. The number of anilines is 1. The van der Waals surface area contributed by atoms with Crippen LogP contribution in [0.15, 0.2) is 18.2 Å². The van der Waals surface area contributed by atoms with Crippen LogP contribution in [-0.4, -0.2) is 55.1 Å². The summed E-state index contributed by atoms with van der Waals surface area (Å²) in [5.74, 6) is 0.816. The average molecular weight is 418 g/mol. The number of nitrogens with one attached hydrogen (secondary N) is 2. The minimum absolute atomic E-state index is 0.269. The molecule has 0 bridgehead atoms. The lowest BCUT2D eigenvalue weighted by atomic mass is 10.0. The zero-order valence-corrected chi connectivity index (χ0v) is 18.3. The van der Waals surface area contributed by atoms with E-state index >= 15 is 0 Å². The average Bonchev–Trinajstić information content (AvgIpc) is 3.06. The molecule has 1 saturated heterocycles. The van der Waals surface area contributed by atoms with Gasteiger partial charge in [-0.1, -0.05) is 19.9 Å². The molecule has 1 aromatic heterocycles. The number of aryl methyl sites for hydroxylation is 2. The third-order valence-electron chi connectivity index (χ3n) is 5.32. The minimum Gasteiger partial charge on any atom is -0.378 e. The van der Waals surface area contributed by atoms with Crippen LogP contribution in [0.1, 0.15) is 46.9 Å². The van der Waals surface area contributed by atoms with E-state index in [-0.39, 0.29) is 11.7 Å². The molecule has 0 unspecified atom stereocenters. The van der Waals surface area contributed by atoms with Crippen LogP contribution in [0.2, 0.25) is 0 Å².